The second-order valence-corrected chi connectivity index (χ2v) is 6.45. The molecule has 0 aromatic heterocycles. The number of nitrogens with two attached hydrogens (primary N) is 1. The zero-order valence-electron chi connectivity index (χ0n) is 12.2. The number of methoxy groups -OCH3 is 1. The van der Waals surface area contributed by atoms with E-state index in [-0.39, 0.29) is 4.90 Å². The van der Waals surface area contributed by atoms with Gasteiger partial charge in [-0.1, -0.05) is 0 Å². The van der Waals surface area contributed by atoms with E-state index in [1.165, 1.54) is 6.07 Å². The minimum absolute atomic E-state index is 0.270. The van der Waals surface area contributed by atoms with Crippen LogP contribution in [0.25, 0.3) is 0 Å². The van der Waals surface area contributed by atoms with Gasteiger partial charge in [0, 0.05) is 32.4 Å². The first-order chi connectivity index (χ1) is 9.36. The highest BCUT2D eigenvalue weighted by Gasteiger charge is 2.16. The fraction of sp³-hybridized carbons (Fsp3) is 0.538. The van der Waals surface area contributed by atoms with Gasteiger partial charge in [0.25, 0.3) is 0 Å². The third kappa shape index (κ3) is 5.09. The Labute approximate surface area is 121 Å². The summed E-state index contributed by atoms with van der Waals surface area (Å²) < 4.78 is 31.9. The third-order valence-electron chi connectivity index (χ3n) is 2.95. The van der Waals surface area contributed by atoms with Crippen LogP contribution < -0.4 is 10.5 Å². The van der Waals surface area contributed by atoms with Gasteiger partial charge in [-0.05, 0) is 37.7 Å². The summed E-state index contributed by atoms with van der Waals surface area (Å²) in [6.45, 7) is 4.10. The van der Waals surface area contributed by atoms with E-state index in [0.717, 1.165) is 6.54 Å². The van der Waals surface area contributed by atoms with Crippen molar-refractivity contribution in [3.63, 3.8) is 0 Å². The number of nitrogen functional groups attached to an aromatic ring is 1. The number of nitrogens with one attached hydrogen (secondary N) is 1. The van der Waals surface area contributed by atoms with Crippen molar-refractivity contribution >= 4 is 15.7 Å². The molecule has 1 rings (SSSR count). The molecule has 0 bridgehead atoms. The summed E-state index contributed by atoms with van der Waals surface area (Å²) in [5, 5.41) is 0. The van der Waals surface area contributed by atoms with Crippen molar-refractivity contribution in [1.82, 2.24) is 9.62 Å². The van der Waals surface area contributed by atoms with Gasteiger partial charge in [-0.15, -0.1) is 0 Å². The highest BCUT2D eigenvalue weighted by Crippen LogP contribution is 2.17. The van der Waals surface area contributed by atoms with E-state index in [1.807, 2.05) is 11.9 Å². The lowest BCUT2D eigenvalue weighted by Crippen LogP contribution is -2.34. The van der Waals surface area contributed by atoms with Crippen LogP contribution in [0.15, 0.2) is 23.1 Å². The lowest BCUT2D eigenvalue weighted by Gasteiger charge is -2.16. The molecule has 0 aliphatic rings. The van der Waals surface area contributed by atoms with E-state index in [1.54, 1.807) is 26.2 Å². The van der Waals surface area contributed by atoms with E-state index in [2.05, 4.69) is 4.72 Å². The first kappa shape index (κ1) is 16.9. The van der Waals surface area contributed by atoms with Crippen LogP contribution in [0.2, 0.25) is 0 Å². The van der Waals surface area contributed by atoms with Crippen molar-refractivity contribution in [1.29, 1.82) is 0 Å². The second-order valence-electron chi connectivity index (χ2n) is 4.72. The molecule has 6 nitrogen and oxygen atoms in total. The van der Waals surface area contributed by atoms with Gasteiger partial charge in [0.05, 0.1) is 11.5 Å². The number of nitrogens with zero attached hydrogens (tertiary/aromatic N) is 1. The Morgan fingerprint density at radius 1 is 1.35 bits per heavy atom. The molecule has 1 aromatic rings. The molecule has 7 heteroatoms. The SMILES string of the molecule is COCCN(C)CCNS(=O)(=O)c1ccc(N)cc1C. The molecule has 0 aliphatic carbocycles. The largest absolute Gasteiger partial charge is 0.399 e. The minimum atomic E-state index is -3.49. The van der Waals surface area contributed by atoms with Gasteiger partial charge in [0.15, 0.2) is 0 Å². The molecule has 3 N–H and O–H groups in total. The normalized spacial score (nSPS) is 12.0. The summed E-state index contributed by atoms with van der Waals surface area (Å²) in [5.74, 6) is 0. The summed E-state index contributed by atoms with van der Waals surface area (Å²) >= 11 is 0. The minimum Gasteiger partial charge on any atom is -0.399 e. The molecule has 1 aromatic carbocycles. The Balaban J connectivity index is 2.58. The first-order valence-corrected chi connectivity index (χ1v) is 7.88. The Morgan fingerprint density at radius 2 is 2.05 bits per heavy atom. The molecule has 20 heavy (non-hydrogen) atoms. The maximum absolute atomic E-state index is 12.2. The lowest BCUT2D eigenvalue weighted by molar-refractivity contribution is 0.162. The Morgan fingerprint density at radius 3 is 2.65 bits per heavy atom. The van der Waals surface area contributed by atoms with Crippen LogP contribution in [0.5, 0.6) is 0 Å². The van der Waals surface area contributed by atoms with E-state index >= 15 is 0 Å². The molecular weight excluding hydrogens is 278 g/mol. The predicted octanol–water partition coefficient (Wildman–Crippen LogP) is 0.434. The summed E-state index contributed by atoms with van der Waals surface area (Å²) in [6, 6.07) is 4.77. The monoisotopic (exact) mass is 301 g/mol. The van der Waals surface area contributed by atoms with E-state index in [0.29, 0.717) is 30.9 Å². The zero-order valence-corrected chi connectivity index (χ0v) is 13.0. The number of anilines is 1. The topological polar surface area (TPSA) is 84.7 Å². The average Bonchev–Trinajstić information content (AvgIpc) is 2.35. The fourth-order valence-electron chi connectivity index (χ4n) is 1.78. The number of sulfonamides is 1. The molecule has 114 valence electrons. The summed E-state index contributed by atoms with van der Waals surface area (Å²) in [6.07, 6.45) is 0. The summed E-state index contributed by atoms with van der Waals surface area (Å²) in [4.78, 5) is 2.27. The molecule has 0 radical (unpaired) electrons. The first-order valence-electron chi connectivity index (χ1n) is 6.40. The number of hydrogen-bond acceptors (Lipinski definition) is 5. The Hall–Kier alpha value is -1.15. The maximum atomic E-state index is 12.2. The Kier molecular flexibility index (Phi) is 6.41. The third-order valence-corrected chi connectivity index (χ3v) is 4.57. The quantitative estimate of drug-likeness (QED) is 0.680. The van der Waals surface area contributed by atoms with Gasteiger partial charge < -0.3 is 15.4 Å². The Bertz CT molecular complexity index is 532. The van der Waals surface area contributed by atoms with Crippen LogP contribution in [-0.4, -0.2) is 53.7 Å². The summed E-state index contributed by atoms with van der Waals surface area (Å²) in [5.41, 5.74) is 6.82. The van der Waals surface area contributed by atoms with Gasteiger partial charge in [0.2, 0.25) is 10.0 Å². The van der Waals surface area contributed by atoms with Gasteiger partial charge in [-0.25, -0.2) is 13.1 Å². The highest BCUT2D eigenvalue weighted by atomic mass is 32.2. The van der Waals surface area contributed by atoms with E-state index < -0.39 is 10.0 Å². The van der Waals surface area contributed by atoms with Crippen molar-refractivity contribution < 1.29 is 13.2 Å². The van der Waals surface area contributed by atoms with Crippen LogP contribution >= 0.6 is 0 Å². The molecule has 0 unspecified atom stereocenters. The molecule has 0 spiro atoms. The average molecular weight is 301 g/mol. The molecule has 0 saturated carbocycles. The van der Waals surface area contributed by atoms with Crippen molar-refractivity contribution in [3.8, 4) is 0 Å². The summed E-state index contributed by atoms with van der Waals surface area (Å²) in [7, 11) is 0.0704. The van der Waals surface area contributed by atoms with Crippen molar-refractivity contribution in [2.75, 3.05) is 46.1 Å². The van der Waals surface area contributed by atoms with Gasteiger partial charge in [-0.2, -0.15) is 0 Å². The van der Waals surface area contributed by atoms with Crippen LogP contribution in [0.1, 0.15) is 5.56 Å². The smallest absolute Gasteiger partial charge is 0.240 e. The lowest BCUT2D eigenvalue weighted by atomic mass is 10.2. The number of ether oxygens (including phenoxy) is 1. The van der Waals surface area contributed by atoms with Crippen LogP contribution in [-0.2, 0) is 14.8 Å². The zero-order chi connectivity index (χ0) is 15.2. The van der Waals surface area contributed by atoms with Crippen molar-refractivity contribution in [2.24, 2.45) is 0 Å². The second kappa shape index (κ2) is 7.58. The molecular formula is C13H23N3O3S. The molecule has 0 amide bonds. The molecule has 0 atom stereocenters. The van der Waals surface area contributed by atoms with Crippen molar-refractivity contribution in [2.45, 2.75) is 11.8 Å². The molecule has 0 saturated heterocycles. The van der Waals surface area contributed by atoms with Gasteiger partial charge >= 0.3 is 0 Å². The van der Waals surface area contributed by atoms with Crippen molar-refractivity contribution in [3.05, 3.63) is 23.8 Å². The van der Waals surface area contributed by atoms with E-state index in [9.17, 15) is 8.42 Å². The van der Waals surface area contributed by atoms with Crippen LogP contribution in [0.3, 0.4) is 0 Å². The number of rotatable bonds is 8. The number of hydrogen-bond donors (Lipinski definition) is 2. The number of benzene rings is 1. The predicted molar refractivity (Wildman–Crippen MR) is 80.2 cm³/mol. The van der Waals surface area contributed by atoms with Crippen LogP contribution in [0, 0.1) is 6.92 Å². The standard InChI is InChI=1S/C13H23N3O3S/c1-11-10-12(14)4-5-13(11)20(17,18)15-6-7-16(2)8-9-19-3/h4-5,10,15H,6-9,14H2,1-3H3. The van der Waals surface area contributed by atoms with E-state index in [4.69, 9.17) is 10.5 Å². The fourth-order valence-corrected chi connectivity index (χ4v) is 3.03. The number of likely N-dealkylation sites (N-methyl/N-ethyl adjacent to an activating group) is 1. The maximum Gasteiger partial charge on any atom is 0.240 e. The molecule has 0 aliphatic heterocycles. The highest BCUT2D eigenvalue weighted by molar-refractivity contribution is 7.89. The van der Waals surface area contributed by atoms with Gasteiger partial charge in [-0.3, -0.25) is 0 Å². The molecule has 0 fully saturated rings. The number of aryl methyl sites for hydroxylation is 1. The van der Waals surface area contributed by atoms with Crippen LogP contribution in [0.4, 0.5) is 5.69 Å². The molecule has 0 heterocycles. The van der Waals surface area contributed by atoms with Gasteiger partial charge in [0.1, 0.15) is 0 Å².